The van der Waals surface area contributed by atoms with Crippen LogP contribution in [0.5, 0.6) is 0 Å². The third kappa shape index (κ3) is 2.89. The van der Waals surface area contributed by atoms with Crippen LogP contribution in [0.4, 0.5) is 0 Å². The van der Waals surface area contributed by atoms with E-state index in [1.165, 1.54) is 31.5 Å². The Hall–Kier alpha value is -0.830. The molecule has 0 aromatic carbocycles. The van der Waals surface area contributed by atoms with E-state index in [4.69, 9.17) is 0 Å². The van der Waals surface area contributed by atoms with E-state index in [-0.39, 0.29) is 0 Å². The van der Waals surface area contributed by atoms with Gasteiger partial charge < -0.3 is 0 Å². The molecule has 1 aliphatic rings. The molecule has 0 atom stereocenters. The van der Waals surface area contributed by atoms with Gasteiger partial charge in [-0.1, -0.05) is 6.92 Å². The second kappa shape index (κ2) is 4.81. The van der Waals surface area contributed by atoms with Crippen LogP contribution in [0.15, 0.2) is 12.4 Å². The van der Waals surface area contributed by atoms with E-state index >= 15 is 0 Å². The summed E-state index contributed by atoms with van der Waals surface area (Å²) >= 11 is 0. The maximum atomic E-state index is 4.50. The van der Waals surface area contributed by atoms with Crippen molar-refractivity contribution >= 4 is 0 Å². The van der Waals surface area contributed by atoms with Crippen LogP contribution in [0.1, 0.15) is 52.1 Å². The predicted molar refractivity (Wildman–Crippen MR) is 71.2 cm³/mol. The molecule has 1 aliphatic heterocycles. The molecule has 1 fully saturated rings. The molecule has 17 heavy (non-hydrogen) atoms. The van der Waals surface area contributed by atoms with E-state index in [0.717, 1.165) is 6.42 Å². The summed E-state index contributed by atoms with van der Waals surface area (Å²) in [6, 6.07) is 0.605. The molecule has 0 bridgehead atoms. The summed E-state index contributed by atoms with van der Waals surface area (Å²) < 4.78 is 2.18. The van der Waals surface area contributed by atoms with Crippen molar-refractivity contribution in [2.75, 3.05) is 13.1 Å². The Bertz CT molecular complexity index is 354. The lowest BCUT2D eigenvalue weighted by molar-refractivity contribution is 0.0870. The minimum absolute atomic E-state index is 0.309. The second-order valence-corrected chi connectivity index (χ2v) is 6.07. The van der Waals surface area contributed by atoms with Crippen molar-refractivity contribution in [2.45, 2.75) is 58.5 Å². The van der Waals surface area contributed by atoms with E-state index in [9.17, 15) is 0 Å². The van der Waals surface area contributed by atoms with Crippen LogP contribution in [0, 0.1) is 0 Å². The molecule has 0 radical (unpaired) electrons. The van der Waals surface area contributed by atoms with E-state index in [0.29, 0.717) is 11.6 Å². The molecule has 3 heteroatoms. The average Bonchev–Trinajstić information content (AvgIpc) is 2.76. The number of hydrogen-bond acceptors (Lipinski definition) is 2. The summed E-state index contributed by atoms with van der Waals surface area (Å²) in [4.78, 5) is 2.58. The molecule has 1 aromatic heterocycles. The molecular formula is C14H25N3. The van der Waals surface area contributed by atoms with Crippen LogP contribution in [0.25, 0.3) is 0 Å². The van der Waals surface area contributed by atoms with E-state index < -0.39 is 0 Å². The number of likely N-dealkylation sites (tertiary alicyclic amines) is 1. The van der Waals surface area contributed by atoms with Gasteiger partial charge in [0, 0.05) is 24.8 Å². The fraction of sp³-hybridized carbons (Fsp3) is 0.786. The number of hydrogen-bond donors (Lipinski definition) is 0. The number of nitrogens with zero attached hydrogens (tertiary/aromatic N) is 3. The summed E-state index contributed by atoms with van der Waals surface area (Å²) in [5.74, 6) is 0. The highest BCUT2D eigenvalue weighted by Crippen LogP contribution is 2.26. The van der Waals surface area contributed by atoms with Crippen LogP contribution in [0.3, 0.4) is 0 Å². The number of rotatable bonds is 2. The molecule has 96 valence electrons. The maximum Gasteiger partial charge on any atom is 0.0543 e. The lowest BCUT2D eigenvalue weighted by atomic mass is 9.98. The van der Waals surface area contributed by atoms with Gasteiger partial charge in [-0.25, -0.2) is 0 Å². The number of piperidine rings is 1. The maximum absolute atomic E-state index is 4.50. The Kier molecular flexibility index (Phi) is 3.57. The quantitative estimate of drug-likeness (QED) is 0.786. The highest BCUT2D eigenvalue weighted by molar-refractivity contribution is 5.04. The van der Waals surface area contributed by atoms with Crippen molar-refractivity contribution < 1.29 is 0 Å². The molecular weight excluding hydrogens is 210 g/mol. The Labute approximate surface area is 105 Å². The Morgan fingerprint density at radius 3 is 2.41 bits per heavy atom. The molecule has 1 aromatic rings. The summed E-state index contributed by atoms with van der Waals surface area (Å²) in [5, 5.41) is 4.50. The first-order valence-electron chi connectivity index (χ1n) is 6.79. The smallest absolute Gasteiger partial charge is 0.0543 e. The summed E-state index contributed by atoms with van der Waals surface area (Å²) in [5.41, 5.74) is 1.66. The van der Waals surface area contributed by atoms with Crippen LogP contribution < -0.4 is 0 Å². The second-order valence-electron chi connectivity index (χ2n) is 6.07. The van der Waals surface area contributed by atoms with Gasteiger partial charge in [0.05, 0.1) is 12.2 Å². The van der Waals surface area contributed by atoms with Crippen LogP contribution >= 0.6 is 0 Å². The third-order valence-electron chi connectivity index (χ3n) is 3.85. The molecule has 0 aliphatic carbocycles. The molecule has 2 rings (SSSR count). The van der Waals surface area contributed by atoms with Gasteiger partial charge in [0.2, 0.25) is 0 Å². The van der Waals surface area contributed by atoms with Gasteiger partial charge in [0.15, 0.2) is 0 Å². The minimum atomic E-state index is 0.309. The van der Waals surface area contributed by atoms with Gasteiger partial charge in [-0.2, -0.15) is 5.10 Å². The monoisotopic (exact) mass is 235 g/mol. The summed E-state index contributed by atoms with van der Waals surface area (Å²) in [6.45, 7) is 11.5. The summed E-state index contributed by atoms with van der Waals surface area (Å²) in [6.07, 6.45) is 7.76. The third-order valence-corrected chi connectivity index (χ3v) is 3.85. The lowest BCUT2D eigenvalue weighted by Crippen LogP contribution is -2.46. The van der Waals surface area contributed by atoms with Gasteiger partial charge in [-0.3, -0.25) is 9.58 Å². The normalized spacial score (nSPS) is 19.8. The number of aryl methyl sites for hydroxylation is 1. The van der Waals surface area contributed by atoms with Crippen LogP contribution in [-0.2, 0) is 6.42 Å². The van der Waals surface area contributed by atoms with E-state index in [2.05, 4.69) is 48.6 Å². The van der Waals surface area contributed by atoms with Gasteiger partial charge in [-0.15, -0.1) is 0 Å². The van der Waals surface area contributed by atoms with Crippen LogP contribution in [-0.4, -0.2) is 33.3 Å². The zero-order chi connectivity index (χ0) is 12.5. The van der Waals surface area contributed by atoms with Gasteiger partial charge in [0.1, 0.15) is 0 Å². The molecule has 0 N–H and O–H groups in total. The predicted octanol–water partition coefficient (Wildman–Crippen LogP) is 2.88. The fourth-order valence-corrected chi connectivity index (χ4v) is 2.56. The summed E-state index contributed by atoms with van der Waals surface area (Å²) in [7, 11) is 0. The van der Waals surface area contributed by atoms with Crippen molar-refractivity contribution in [1.29, 1.82) is 0 Å². The molecule has 0 spiro atoms. The molecule has 0 saturated carbocycles. The SMILES string of the molecule is CCc1cnn(C2CCN(C(C)(C)C)CC2)c1. The Balaban J connectivity index is 1.95. The molecule has 3 nitrogen and oxygen atoms in total. The first kappa shape index (κ1) is 12.6. The minimum Gasteiger partial charge on any atom is -0.298 e. The van der Waals surface area contributed by atoms with Crippen LogP contribution in [0.2, 0.25) is 0 Å². The van der Waals surface area contributed by atoms with Crippen molar-refractivity contribution in [3.8, 4) is 0 Å². The zero-order valence-corrected chi connectivity index (χ0v) is 11.6. The first-order valence-corrected chi connectivity index (χ1v) is 6.79. The molecule has 1 saturated heterocycles. The molecule has 0 amide bonds. The van der Waals surface area contributed by atoms with Gasteiger partial charge in [0.25, 0.3) is 0 Å². The topological polar surface area (TPSA) is 21.1 Å². The largest absolute Gasteiger partial charge is 0.298 e. The average molecular weight is 235 g/mol. The lowest BCUT2D eigenvalue weighted by Gasteiger charge is -2.40. The van der Waals surface area contributed by atoms with Crippen molar-refractivity contribution in [3.63, 3.8) is 0 Å². The van der Waals surface area contributed by atoms with E-state index in [1.54, 1.807) is 0 Å². The highest BCUT2D eigenvalue weighted by atomic mass is 15.3. The van der Waals surface area contributed by atoms with Crippen molar-refractivity contribution in [3.05, 3.63) is 18.0 Å². The Morgan fingerprint density at radius 2 is 1.94 bits per heavy atom. The fourth-order valence-electron chi connectivity index (χ4n) is 2.56. The first-order chi connectivity index (χ1) is 8.00. The zero-order valence-electron chi connectivity index (χ0n) is 11.6. The Morgan fingerprint density at radius 1 is 1.29 bits per heavy atom. The highest BCUT2D eigenvalue weighted by Gasteiger charge is 2.27. The van der Waals surface area contributed by atoms with Crippen molar-refractivity contribution in [1.82, 2.24) is 14.7 Å². The van der Waals surface area contributed by atoms with Gasteiger partial charge in [-0.05, 0) is 45.6 Å². The van der Waals surface area contributed by atoms with E-state index in [1.807, 2.05) is 6.20 Å². The molecule has 0 unspecified atom stereocenters. The van der Waals surface area contributed by atoms with Gasteiger partial charge >= 0.3 is 0 Å². The standard InChI is InChI=1S/C14H25N3/c1-5-12-10-15-17(11-12)13-6-8-16(9-7-13)14(2,3)4/h10-11,13H,5-9H2,1-4H3. The number of aromatic nitrogens is 2. The molecule has 2 heterocycles. The van der Waals surface area contributed by atoms with Crippen molar-refractivity contribution in [2.24, 2.45) is 0 Å².